The Labute approximate surface area is 207 Å². The molecule has 5 aromatic rings. The highest BCUT2D eigenvalue weighted by Gasteiger charge is 2.09. The van der Waals surface area contributed by atoms with E-state index in [9.17, 15) is 0 Å². The number of benzene rings is 2. The van der Waals surface area contributed by atoms with Crippen LogP contribution in [0.25, 0.3) is 20.2 Å². The van der Waals surface area contributed by atoms with Crippen LogP contribution < -0.4 is 21.6 Å². The number of thiophene rings is 3. The molecule has 0 aliphatic heterocycles. The summed E-state index contributed by atoms with van der Waals surface area (Å²) in [6.07, 6.45) is 0. The summed E-state index contributed by atoms with van der Waals surface area (Å²) in [6.45, 7) is 2.99. The monoisotopic (exact) mass is 490 g/mol. The summed E-state index contributed by atoms with van der Waals surface area (Å²) >= 11 is 5.23. The van der Waals surface area contributed by atoms with Crippen molar-refractivity contribution in [1.82, 2.24) is 0 Å². The topological polar surface area (TPSA) is 42.5 Å². The smallest absolute Gasteiger partial charge is 0.308 e. The molecule has 0 aliphatic rings. The van der Waals surface area contributed by atoms with Gasteiger partial charge in [-0.3, -0.25) is 0 Å². The summed E-state index contributed by atoms with van der Waals surface area (Å²) in [7, 11) is 1.25. The fourth-order valence-electron chi connectivity index (χ4n) is 3.70. The van der Waals surface area contributed by atoms with Gasteiger partial charge in [-0.15, -0.1) is 11.3 Å². The maximum atomic E-state index is 5.90. The van der Waals surface area contributed by atoms with Crippen molar-refractivity contribution in [2.45, 2.75) is 0 Å². The quantitative estimate of drug-likeness (QED) is 0.201. The van der Waals surface area contributed by atoms with Crippen molar-refractivity contribution >= 4 is 91.4 Å². The summed E-state index contributed by atoms with van der Waals surface area (Å²) in [5.74, 6) is 0. The van der Waals surface area contributed by atoms with Gasteiger partial charge in [-0.2, -0.15) is 22.7 Å². The minimum absolute atomic E-state index is 0.624. The third-order valence-corrected chi connectivity index (χ3v) is 7.85. The molecule has 0 fully saturated rings. The lowest BCUT2D eigenvalue weighted by Gasteiger charge is -2.06. The maximum Gasteiger partial charge on any atom is 0.308 e. The van der Waals surface area contributed by atoms with E-state index in [1.165, 1.54) is 31.1 Å². The third-order valence-electron chi connectivity index (χ3n) is 5.33. The number of fused-ring (bicyclic) bond motifs is 3. The second kappa shape index (κ2) is 11.2. The molecule has 0 spiro atoms. The van der Waals surface area contributed by atoms with Crippen LogP contribution in [0.5, 0.6) is 0 Å². The highest BCUT2D eigenvalue weighted by molar-refractivity contribution is 7.25. The molecule has 166 valence electrons. The Morgan fingerprint density at radius 2 is 1.18 bits per heavy atom. The van der Waals surface area contributed by atoms with E-state index in [1.54, 1.807) is 22.7 Å². The second-order valence-corrected chi connectivity index (χ2v) is 10.4. The minimum atomic E-state index is 0.624. The second-order valence-electron chi connectivity index (χ2n) is 7.75. The van der Waals surface area contributed by atoms with Crippen LogP contribution in [0.3, 0.4) is 0 Å². The first-order chi connectivity index (χ1) is 16.3. The lowest BCUT2D eigenvalue weighted by atomic mass is 9.85. The average Bonchev–Trinajstić information content (AvgIpc) is 3.60. The van der Waals surface area contributed by atoms with Crippen LogP contribution >= 0.6 is 34.0 Å². The van der Waals surface area contributed by atoms with Gasteiger partial charge in [0.1, 0.15) is 0 Å². The van der Waals surface area contributed by atoms with Gasteiger partial charge in [0.05, 0.1) is 0 Å². The molecular weight excluding hydrogens is 466 g/mol. The number of hydrogen-bond acceptors (Lipinski definition) is 7. The Balaban J connectivity index is 1.16. The van der Waals surface area contributed by atoms with Gasteiger partial charge in [-0.05, 0) is 45.8 Å². The van der Waals surface area contributed by atoms with Gasteiger partial charge in [-0.1, -0.05) is 35.2 Å². The van der Waals surface area contributed by atoms with Crippen LogP contribution in [0.2, 0.25) is 0 Å². The van der Waals surface area contributed by atoms with Gasteiger partial charge >= 0.3 is 15.0 Å². The van der Waals surface area contributed by atoms with E-state index in [4.69, 9.17) is 9.31 Å². The normalized spacial score (nSPS) is 11.2. The Morgan fingerprint density at radius 1 is 0.667 bits per heavy atom. The summed E-state index contributed by atoms with van der Waals surface area (Å²) in [4.78, 5) is 0. The predicted molar refractivity (Wildman–Crippen MR) is 150 cm³/mol. The van der Waals surface area contributed by atoms with Crippen LogP contribution in [0.4, 0.5) is 11.4 Å². The zero-order valence-corrected chi connectivity index (χ0v) is 20.7. The number of rotatable bonds is 12. The van der Waals surface area contributed by atoms with Crippen LogP contribution in [0.15, 0.2) is 70.1 Å². The molecule has 33 heavy (non-hydrogen) atoms. The molecule has 0 unspecified atom stereocenters. The third kappa shape index (κ3) is 5.99. The molecular formula is C24H24B2N2O2S3. The fraction of sp³-hybridized carbons (Fsp3) is 0.167. The molecule has 3 heterocycles. The number of anilines is 2. The van der Waals surface area contributed by atoms with Crippen LogP contribution in [0.1, 0.15) is 0 Å². The average molecular weight is 490 g/mol. The standard InChI is InChI=1S/C24H24B2N2O2S3/c1-3-23-21(13-17(1)25-29-9-7-27-19-5-11-31-15-19)22-14-18(2-4-24(22)33-23)26-30-10-8-28-20-6-12-32-16-20/h1-6,11-16,25-28H,7-10H2. The number of nitrogens with one attached hydrogen (secondary N) is 2. The van der Waals surface area contributed by atoms with Crippen molar-refractivity contribution in [3.05, 3.63) is 70.1 Å². The molecule has 2 aromatic carbocycles. The molecule has 9 heteroatoms. The van der Waals surface area contributed by atoms with E-state index in [0.717, 1.165) is 24.5 Å². The first kappa shape index (κ1) is 22.5. The minimum Gasteiger partial charge on any atom is -0.433 e. The molecule has 4 nitrogen and oxygen atoms in total. The Bertz CT molecular complexity index is 1190. The summed E-state index contributed by atoms with van der Waals surface area (Å²) in [5.41, 5.74) is 4.74. The van der Waals surface area contributed by atoms with Crippen molar-refractivity contribution in [2.24, 2.45) is 0 Å². The molecule has 0 saturated carbocycles. The van der Waals surface area contributed by atoms with Crippen molar-refractivity contribution < 1.29 is 9.31 Å². The fourth-order valence-corrected chi connectivity index (χ4v) is 5.99. The van der Waals surface area contributed by atoms with E-state index in [-0.39, 0.29) is 0 Å². The molecule has 0 atom stereocenters. The van der Waals surface area contributed by atoms with E-state index >= 15 is 0 Å². The molecule has 0 aliphatic carbocycles. The van der Waals surface area contributed by atoms with E-state index in [1.807, 2.05) is 11.3 Å². The van der Waals surface area contributed by atoms with E-state index in [0.29, 0.717) is 28.2 Å². The molecule has 3 aromatic heterocycles. The van der Waals surface area contributed by atoms with Gasteiger partial charge < -0.3 is 19.9 Å². The Kier molecular flexibility index (Phi) is 7.65. The summed E-state index contributed by atoms with van der Waals surface area (Å²) in [6, 6.07) is 17.5. The van der Waals surface area contributed by atoms with Crippen molar-refractivity contribution in [3.8, 4) is 0 Å². The van der Waals surface area contributed by atoms with E-state index in [2.05, 4.69) is 80.7 Å². The highest BCUT2D eigenvalue weighted by atomic mass is 32.1. The Hall–Kier alpha value is -2.29. The van der Waals surface area contributed by atoms with Crippen molar-refractivity contribution in [1.29, 1.82) is 0 Å². The lowest BCUT2D eigenvalue weighted by Crippen LogP contribution is -2.21. The van der Waals surface area contributed by atoms with Gasteiger partial charge in [0.25, 0.3) is 0 Å². The van der Waals surface area contributed by atoms with Crippen LogP contribution in [-0.4, -0.2) is 41.3 Å². The van der Waals surface area contributed by atoms with Gasteiger partial charge in [0.2, 0.25) is 0 Å². The van der Waals surface area contributed by atoms with Crippen molar-refractivity contribution in [2.75, 3.05) is 36.9 Å². The lowest BCUT2D eigenvalue weighted by molar-refractivity contribution is 0.358. The summed E-state index contributed by atoms with van der Waals surface area (Å²) < 4.78 is 14.4. The molecule has 2 N–H and O–H groups in total. The Morgan fingerprint density at radius 3 is 1.64 bits per heavy atom. The largest absolute Gasteiger partial charge is 0.433 e. The van der Waals surface area contributed by atoms with Gasteiger partial charge in [-0.25, -0.2) is 0 Å². The molecule has 5 rings (SSSR count). The predicted octanol–water partition coefficient (Wildman–Crippen LogP) is 4.39. The maximum absolute atomic E-state index is 5.90. The first-order valence-corrected chi connectivity index (χ1v) is 13.7. The van der Waals surface area contributed by atoms with Crippen molar-refractivity contribution in [3.63, 3.8) is 0 Å². The molecule has 0 bridgehead atoms. The zero-order valence-electron chi connectivity index (χ0n) is 18.2. The van der Waals surface area contributed by atoms with Gasteiger partial charge in [0, 0.05) is 57.8 Å². The van der Waals surface area contributed by atoms with Crippen LogP contribution in [-0.2, 0) is 9.31 Å². The zero-order chi connectivity index (χ0) is 22.3. The molecule has 0 amide bonds. The van der Waals surface area contributed by atoms with E-state index < -0.39 is 0 Å². The molecule has 0 saturated heterocycles. The first-order valence-electron chi connectivity index (χ1n) is 11.0. The number of hydrogen-bond donors (Lipinski definition) is 2. The van der Waals surface area contributed by atoms with Crippen LogP contribution in [0, 0.1) is 0 Å². The summed E-state index contributed by atoms with van der Waals surface area (Å²) in [5, 5.41) is 17.7. The molecule has 0 radical (unpaired) electrons. The highest BCUT2D eigenvalue weighted by Crippen LogP contribution is 2.32. The van der Waals surface area contributed by atoms with Gasteiger partial charge in [0.15, 0.2) is 0 Å². The SMILES string of the molecule is B(OCCNc1ccsc1)c1ccc2sc3ccc(BOCCNc4ccsc4)cc3c2c1.